The van der Waals surface area contributed by atoms with Crippen LogP contribution in [0.25, 0.3) is 6.08 Å². The minimum Gasteiger partial charge on any atom is -0.492 e. The van der Waals surface area contributed by atoms with Gasteiger partial charge in [-0.05, 0) is 42.2 Å². The summed E-state index contributed by atoms with van der Waals surface area (Å²) in [5.74, 6) is 1.01. The molecule has 0 heterocycles. The Hall–Kier alpha value is -2.55. The van der Waals surface area contributed by atoms with E-state index in [0.717, 1.165) is 5.56 Å². The highest BCUT2D eigenvalue weighted by molar-refractivity contribution is 6.02. The first-order valence-electron chi connectivity index (χ1n) is 7.91. The van der Waals surface area contributed by atoms with E-state index in [1.807, 2.05) is 49.4 Å². The van der Waals surface area contributed by atoms with Crippen LogP contribution in [-0.4, -0.2) is 12.5 Å². The molecule has 0 aliphatic heterocycles. The lowest BCUT2D eigenvalue weighted by Crippen LogP contribution is -2.09. The van der Waals surface area contributed by atoms with E-state index in [1.54, 1.807) is 0 Å². The average Bonchev–Trinajstić information content (AvgIpc) is 2.55. The molecule has 0 spiro atoms. The molecule has 3 nitrogen and oxygen atoms in total. The van der Waals surface area contributed by atoms with Crippen molar-refractivity contribution in [1.82, 2.24) is 0 Å². The van der Waals surface area contributed by atoms with Crippen LogP contribution in [0.15, 0.2) is 54.6 Å². The zero-order valence-corrected chi connectivity index (χ0v) is 13.9. The summed E-state index contributed by atoms with van der Waals surface area (Å²) in [4.78, 5) is 12.1. The van der Waals surface area contributed by atoms with Gasteiger partial charge in [-0.25, -0.2) is 0 Å². The zero-order chi connectivity index (χ0) is 16.7. The number of rotatable bonds is 6. The third-order valence-electron chi connectivity index (χ3n) is 3.48. The second-order valence-corrected chi connectivity index (χ2v) is 5.57. The van der Waals surface area contributed by atoms with Gasteiger partial charge in [0.25, 0.3) is 0 Å². The monoisotopic (exact) mass is 309 g/mol. The normalized spacial score (nSPS) is 11.0. The maximum absolute atomic E-state index is 12.1. The summed E-state index contributed by atoms with van der Waals surface area (Å²) in [5.41, 5.74) is 2.97. The van der Waals surface area contributed by atoms with Crippen molar-refractivity contribution in [2.75, 3.05) is 11.9 Å². The van der Waals surface area contributed by atoms with E-state index in [4.69, 9.17) is 4.74 Å². The van der Waals surface area contributed by atoms with Crippen LogP contribution in [0.4, 0.5) is 5.69 Å². The summed E-state index contributed by atoms with van der Waals surface area (Å²) >= 11 is 0. The zero-order valence-electron chi connectivity index (χ0n) is 13.9. The number of hydrogen-bond donors (Lipinski definition) is 1. The molecule has 0 aliphatic rings. The van der Waals surface area contributed by atoms with Crippen LogP contribution < -0.4 is 10.1 Å². The van der Waals surface area contributed by atoms with E-state index in [2.05, 4.69) is 31.3 Å². The Balaban J connectivity index is 2.01. The second-order valence-electron chi connectivity index (χ2n) is 5.57. The maximum Gasteiger partial charge on any atom is 0.248 e. The Labute approximate surface area is 138 Å². The number of amides is 1. The number of nitrogens with one attached hydrogen (secondary N) is 1. The number of hydrogen-bond acceptors (Lipinski definition) is 2. The van der Waals surface area contributed by atoms with Crippen LogP contribution in [-0.2, 0) is 4.79 Å². The van der Waals surface area contributed by atoms with Crippen molar-refractivity contribution in [3.8, 4) is 5.75 Å². The van der Waals surface area contributed by atoms with Crippen molar-refractivity contribution in [2.45, 2.75) is 26.7 Å². The minimum atomic E-state index is -0.176. The summed E-state index contributed by atoms with van der Waals surface area (Å²) in [5, 5.41) is 2.84. The molecule has 3 heteroatoms. The molecular formula is C20H23NO2. The highest BCUT2D eigenvalue weighted by Crippen LogP contribution is 2.23. The number of carbonyl (C=O) groups excluding carboxylic acids is 1. The molecule has 0 bridgehead atoms. The fourth-order valence-electron chi connectivity index (χ4n) is 2.19. The summed E-state index contributed by atoms with van der Waals surface area (Å²) in [6.07, 6.45) is 3.34. The topological polar surface area (TPSA) is 38.3 Å². The summed E-state index contributed by atoms with van der Waals surface area (Å²) < 4.78 is 5.50. The highest BCUT2D eigenvalue weighted by atomic mass is 16.5. The largest absolute Gasteiger partial charge is 0.492 e. The first-order chi connectivity index (χ1) is 11.1. The Morgan fingerprint density at radius 2 is 1.83 bits per heavy atom. The number of benzene rings is 2. The third kappa shape index (κ3) is 4.99. The molecule has 23 heavy (non-hydrogen) atoms. The van der Waals surface area contributed by atoms with E-state index in [1.165, 1.54) is 11.6 Å². The van der Waals surface area contributed by atoms with Crippen molar-refractivity contribution >= 4 is 17.7 Å². The Kier molecular flexibility index (Phi) is 5.98. The molecule has 0 saturated carbocycles. The van der Waals surface area contributed by atoms with Gasteiger partial charge in [0.1, 0.15) is 5.75 Å². The average molecular weight is 309 g/mol. The summed E-state index contributed by atoms with van der Waals surface area (Å²) in [6, 6.07) is 15.6. The number of ether oxygens (including phenoxy) is 1. The number of carbonyl (C=O) groups is 1. The number of para-hydroxylation sites is 2. The molecule has 0 aromatic heterocycles. The van der Waals surface area contributed by atoms with E-state index in [0.29, 0.717) is 24.0 Å². The molecule has 120 valence electrons. The summed E-state index contributed by atoms with van der Waals surface area (Å²) in [7, 11) is 0. The van der Waals surface area contributed by atoms with Gasteiger partial charge in [-0.15, -0.1) is 0 Å². The quantitative estimate of drug-likeness (QED) is 0.774. The first kappa shape index (κ1) is 16.8. The molecule has 1 amide bonds. The van der Waals surface area contributed by atoms with Gasteiger partial charge in [-0.3, -0.25) is 4.79 Å². The van der Waals surface area contributed by atoms with Gasteiger partial charge in [0.05, 0.1) is 12.3 Å². The van der Waals surface area contributed by atoms with Gasteiger partial charge in [0.15, 0.2) is 0 Å². The summed E-state index contributed by atoms with van der Waals surface area (Å²) in [6.45, 7) is 6.80. The van der Waals surface area contributed by atoms with Crippen molar-refractivity contribution in [3.05, 3.63) is 65.7 Å². The lowest BCUT2D eigenvalue weighted by Gasteiger charge is -2.09. The lowest BCUT2D eigenvalue weighted by molar-refractivity contribution is -0.111. The van der Waals surface area contributed by atoms with Gasteiger partial charge in [-0.2, -0.15) is 0 Å². The molecule has 0 unspecified atom stereocenters. The van der Waals surface area contributed by atoms with Crippen LogP contribution in [0.1, 0.15) is 37.8 Å². The van der Waals surface area contributed by atoms with E-state index < -0.39 is 0 Å². The Morgan fingerprint density at radius 3 is 2.48 bits per heavy atom. The second kappa shape index (κ2) is 8.18. The molecule has 1 N–H and O–H groups in total. The predicted molar refractivity (Wildman–Crippen MR) is 95.8 cm³/mol. The van der Waals surface area contributed by atoms with Crippen LogP contribution in [0.3, 0.4) is 0 Å². The standard InChI is InChI=1S/C20H23NO2/c1-4-23-19-8-6-5-7-18(19)21-20(22)14-11-16-9-12-17(13-10-16)15(2)3/h5-15H,4H2,1-3H3,(H,21,22). The molecule has 0 atom stereocenters. The van der Waals surface area contributed by atoms with Crippen molar-refractivity contribution in [1.29, 1.82) is 0 Å². The van der Waals surface area contributed by atoms with Gasteiger partial charge in [0, 0.05) is 6.08 Å². The molecule has 2 rings (SSSR count). The van der Waals surface area contributed by atoms with Gasteiger partial charge < -0.3 is 10.1 Å². The van der Waals surface area contributed by atoms with E-state index >= 15 is 0 Å². The fourth-order valence-corrected chi connectivity index (χ4v) is 2.19. The Morgan fingerprint density at radius 1 is 1.13 bits per heavy atom. The fraction of sp³-hybridized carbons (Fsp3) is 0.250. The van der Waals surface area contributed by atoms with Gasteiger partial charge in [-0.1, -0.05) is 50.2 Å². The van der Waals surface area contributed by atoms with Crippen molar-refractivity contribution in [3.63, 3.8) is 0 Å². The minimum absolute atomic E-state index is 0.176. The molecule has 2 aromatic rings. The maximum atomic E-state index is 12.1. The predicted octanol–water partition coefficient (Wildman–Crippen LogP) is 4.86. The smallest absolute Gasteiger partial charge is 0.248 e. The van der Waals surface area contributed by atoms with E-state index in [9.17, 15) is 4.79 Å². The van der Waals surface area contributed by atoms with Crippen LogP contribution in [0.5, 0.6) is 5.75 Å². The SMILES string of the molecule is CCOc1ccccc1NC(=O)C=Cc1ccc(C(C)C)cc1. The molecule has 2 aromatic carbocycles. The molecule has 0 saturated heterocycles. The molecule has 0 aliphatic carbocycles. The van der Waals surface area contributed by atoms with Crippen molar-refractivity contribution < 1.29 is 9.53 Å². The molecule has 0 radical (unpaired) electrons. The first-order valence-corrected chi connectivity index (χ1v) is 7.91. The number of anilines is 1. The van der Waals surface area contributed by atoms with E-state index in [-0.39, 0.29) is 5.91 Å². The van der Waals surface area contributed by atoms with Gasteiger partial charge >= 0.3 is 0 Å². The van der Waals surface area contributed by atoms with Crippen LogP contribution in [0.2, 0.25) is 0 Å². The van der Waals surface area contributed by atoms with Crippen molar-refractivity contribution in [2.24, 2.45) is 0 Å². The molecular weight excluding hydrogens is 286 g/mol. The highest BCUT2D eigenvalue weighted by Gasteiger charge is 2.04. The Bertz CT molecular complexity index is 672. The van der Waals surface area contributed by atoms with Crippen LogP contribution >= 0.6 is 0 Å². The lowest BCUT2D eigenvalue weighted by atomic mass is 10.0. The van der Waals surface area contributed by atoms with Gasteiger partial charge in [0.2, 0.25) is 5.91 Å². The van der Waals surface area contributed by atoms with Crippen LogP contribution in [0, 0.1) is 0 Å². The molecule has 0 fully saturated rings. The third-order valence-corrected chi connectivity index (χ3v) is 3.48.